The van der Waals surface area contributed by atoms with Gasteiger partial charge in [0.1, 0.15) is 11.5 Å². The fourth-order valence-corrected chi connectivity index (χ4v) is 2.37. The van der Waals surface area contributed by atoms with Crippen molar-refractivity contribution in [3.05, 3.63) is 23.2 Å². The van der Waals surface area contributed by atoms with Crippen LogP contribution in [0.2, 0.25) is 0 Å². The summed E-state index contributed by atoms with van der Waals surface area (Å²) in [4.78, 5) is 2.53. The third-order valence-corrected chi connectivity index (χ3v) is 3.89. The van der Waals surface area contributed by atoms with E-state index in [9.17, 15) is 0 Å². The lowest BCUT2D eigenvalue weighted by molar-refractivity contribution is 0.187. The standard InChI is InChI=1S/C16H28N2O/c1-5-17-9-16-13(4)8-15(19-16)11-18(12(2)3)10-14-6-7-14/h8,12,14,17H,5-7,9-11H2,1-4H3. The maximum atomic E-state index is 5.99. The Labute approximate surface area is 117 Å². The molecular formula is C16H28N2O. The Morgan fingerprint density at radius 3 is 2.74 bits per heavy atom. The monoisotopic (exact) mass is 264 g/mol. The van der Waals surface area contributed by atoms with E-state index in [0.29, 0.717) is 6.04 Å². The fraction of sp³-hybridized carbons (Fsp3) is 0.750. The Balaban J connectivity index is 1.95. The van der Waals surface area contributed by atoms with Crippen molar-refractivity contribution in [2.75, 3.05) is 13.1 Å². The highest BCUT2D eigenvalue weighted by molar-refractivity contribution is 5.20. The molecule has 108 valence electrons. The van der Waals surface area contributed by atoms with Gasteiger partial charge in [-0.05, 0) is 57.7 Å². The Bertz CT molecular complexity index is 393. The average molecular weight is 264 g/mol. The van der Waals surface area contributed by atoms with E-state index in [-0.39, 0.29) is 0 Å². The van der Waals surface area contributed by atoms with Gasteiger partial charge < -0.3 is 9.73 Å². The van der Waals surface area contributed by atoms with Gasteiger partial charge in [0.15, 0.2) is 0 Å². The molecule has 1 aromatic rings. The molecule has 0 atom stereocenters. The van der Waals surface area contributed by atoms with Gasteiger partial charge in [-0.25, -0.2) is 0 Å². The summed E-state index contributed by atoms with van der Waals surface area (Å²) in [5.74, 6) is 3.13. The van der Waals surface area contributed by atoms with E-state index >= 15 is 0 Å². The van der Waals surface area contributed by atoms with Gasteiger partial charge in [-0.2, -0.15) is 0 Å². The molecule has 3 heteroatoms. The minimum absolute atomic E-state index is 0.586. The summed E-state index contributed by atoms with van der Waals surface area (Å²) in [5, 5.41) is 3.33. The first-order valence-electron chi connectivity index (χ1n) is 7.63. The maximum Gasteiger partial charge on any atom is 0.120 e. The van der Waals surface area contributed by atoms with E-state index in [2.05, 4.69) is 44.0 Å². The summed E-state index contributed by atoms with van der Waals surface area (Å²) < 4.78 is 5.99. The summed E-state index contributed by atoms with van der Waals surface area (Å²) in [5.41, 5.74) is 1.27. The largest absolute Gasteiger partial charge is 0.463 e. The number of hydrogen-bond acceptors (Lipinski definition) is 3. The predicted molar refractivity (Wildman–Crippen MR) is 79.1 cm³/mol. The summed E-state index contributed by atoms with van der Waals surface area (Å²) in [6, 6.07) is 2.79. The van der Waals surface area contributed by atoms with Crippen LogP contribution < -0.4 is 5.32 Å². The zero-order chi connectivity index (χ0) is 13.8. The van der Waals surface area contributed by atoms with Crippen LogP contribution in [0.1, 0.15) is 50.7 Å². The number of hydrogen-bond donors (Lipinski definition) is 1. The van der Waals surface area contributed by atoms with Crippen LogP contribution >= 0.6 is 0 Å². The molecule has 0 radical (unpaired) electrons. The molecule has 0 saturated heterocycles. The first-order valence-corrected chi connectivity index (χ1v) is 7.63. The van der Waals surface area contributed by atoms with Crippen molar-refractivity contribution >= 4 is 0 Å². The third-order valence-electron chi connectivity index (χ3n) is 3.89. The number of rotatable bonds is 8. The van der Waals surface area contributed by atoms with Crippen molar-refractivity contribution < 1.29 is 4.42 Å². The topological polar surface area (TPSA) is 28.4 Å². The zero-order valence-corrected chi connectivity index (χ0v) is 12.8. The molecule has 1 N–H and O–H groups in total. The lowest BCUT2D eigenvalue weighted by Gasteiger charge is -2.25. The van der Waals surface area contributed by atoms with E-state index in [1.807, 2.05) is 0 Å². The van der Waals surface area contributed by atoms with Crippen LogP contribution in [0.5, 0.6) is 0 Å². The number of furan rings is 1. The molecule has 1 aliphatic rings. The van der Waals surface area contributed by atoms with Crippen LogP contribution in [0, 0.1) is 12.8 Å². The van der Waals surface area contributed by atoms with Crippen LogP contribution in [-0.2, 0) is 13.1 Å². The summed E-state index contributed by atoms with van der Waals surface area (Å²) >= 11 is 0. The summed E-state index contributed by atoms with van der Waals surface area (Å²) in [7, 11) is 0. The van der Waals surface area contributed by atoms with Crippen molar-refractivity contribution in [1.29, 1.82) is 0 Å². The van der Waals surface area contributed by atoms with Crippen molar-refractivity contribution in [2.24, 2.45) is 5.92 Å². The number of aryl methyl sites for hydroxylation is 1. The molecule has 0 unspecified atom stereocenters. The van der Waals surface area contributed by atoms with Crippen LogP contribution in [0.15, 0.2) is 10.5 Å². The van der Waals surface area contributed by atoms with Crippen molar-refractivity contribution in [3.63, 3.8) is 0 Å². The lowest BCUT2D eigenvalue weighted by atomic mass is 10.2. The molecular weight excluding hydrogens is 236 g/mol. The van der Waals surface area contributed by atoms with Gasteiger partial charge in [0, 0.05) is 12.6 Å². The Morgan fingerprint density at radius 1 is 1.42 bits per heavy atom. The first kappa shape index (κ1) is 14.6. The predicted octanol–water partition coefficient (Wildman–Crippen LogP) is 3.32. The Hall–Kier alpha value is -0.800. The average Bonchev–Trinajstić information content (AvgIpc) is 3.10. The van der Waals surface area contributed by atoms with Gasteiger partial charge in [0.25, 0.3) is 0 Å². The molecule has 3 nitrogen and oxygen atoms in total. The quantitative estimate of drug-likeness (QED) is 0.781. The summed E-state index contributed by atoms with van der Waals surface area (Å²) in [6.45, 7) is 12.8. The van der Waals surface area contributed by atoms with Crippen LogP contribution in [0.25, 0.3) is 0 Å². The van der Waals surface area contributed by atoms with Crippen LogP contribution in [-0.4, -0.2) is 24.0 Å². The zero-order valence-electron chi connectivity index (χ0n) is 12.8. The van der Waals surface area contributed by atoms with Crippen LogP contribution in [0.4, 0.5) is 0 Å². The van der Waals surface area contributed by atoms with Gasteiger partial charge in [-0.1, -0.05) is 6.92 Å². The molecule has 0 aromatic carbocycles. The SMILES string of the molecule is CCNCc1oc(CN(CC2CC2)C(C)C)cc1C. The van der Waals surface area contributed by atoms with Gasteiger partial charge in [0.05, 0.1) is 13.1 Å². The van der Waals surface area contributed by atoms with Crippen molar-refractivity contribution in [2.45, 2.75) is 59.7 Å². The van der Waals surface area contributed by atoms with Crippen molar-refractivity contribution in [3.8, 4) is 0 Å². The first-order chi connectivity index (χ1) is 9.10. The molecule has 1 saturated carbocycles. The fourth-order valence-electron chi connectivity index (χ4n) is 2.37. The Kier molecular flexibility index (Phi) is 5.06. The molecule has 0 bridgehead atoms. The number of nitrogens with zero attached hydrogens (tertiary/aromatic N) is 1. The molecule has 1 aliphatic carbocycles. The highest BCUT2D eigenvalue weighted by Gasteiger charge is 2.26. The van der Waals surface area contributed by atoms with Gasteiger partial charge in [-0.3, -0.25) is 4.90 Å². The maximum absolute atomic E-state index is 5.99. The molecule has 19 heavy (non-hydrogen) atoms. The third kappa shape index (κ3) is 4.36. The normalized spacial score (nSPS) is 15.7. The molecule has 0 aliphatic heterocycles. The molecule has 1 fully saturated rings. The minimum atomic E-state index is 0.586. The van der Waals surface area contributed by atoms with Gasteiger partial charge >= 0.3 is 0 Å². The van der Waals surface area contributed by atoms with Gasteiger partial charge in [0.2, 0.25) is 0 Å². The lowest BCUT2D eigenvalue weighted by Crippen LogP contribution is -2.32. The second kappa shape index (κ2) is 6.58. The molecule has 0 spiro atoms. The highest BCUT2D eigenvalue weighted by Crippen LogP contribution is 2.31. The molecule has 1 aromatic heterocycles. The molecule has 2 rings (SSSR count). The van der Waals surface area contributed by atoms with Gasteiger partial charge in [-0.15, -0.1) is 0 Å². The second-order valence-electron chi connectivity index (χ2n) is 6.07. The van der Waals surface area contributed by atoms with E-state index in [1.54, 1.807) is 0 Å². The Morgan fingerprint density at radius 2 is 2.16 bits per heavy atom. The van der Waals surface area contributed by atoms with E-state index in [0.717, 1.165) is 37.1 Å². The second-order valence-corrected chi connectivity index (χ2v) is 6.07. The summed E-state index contributed by atoms with van der Waals surface area (Å²) in [6.07, 6.45) is 2.82. The highest BCUT2D eigenvalue weighted by atomic mass is 16.3. The van der Waals surface area contributed by atoms with E-state index in [1.165, 1.54) is 24.9 Å². The van der Waals surface area contributed by atoms with Crippen molar-refractivity contribution in [1.82, 2.24) is 10.2 Å². The van der Waals surface area contributed by atoms with E-state index in [4.69, 9.17) is 4.42 Å². The number of nitrogens with one attached hydrogen (secondary N) is 1. The van der Waals surface area contributed by atoms with E-state index < -0.39 is 0 Å². The van der Waals surface area contributed by atoms with Crippen LogP contribution in [0.3, 0.4) is 0 Å². The minimum Gasteiger partial charge on any atom is -0.463 e. The smallest absolute Gasteiger partial charge is 0.120 e. The molecule has 0 amide bonds. The molecule has 1 heterocycles.